The minimum absolute atomic E-state index is 0.180. The van der Waals surface area contributed by atoms with Gasteiger partial charge in [0, 0.05) is 34.9 Å². The molecular formula is C15H14N2O2S. The number of para-hydroxylation sites is 1. The van der Waals surface area contributed by atoms with E-state index in [4.69, 9.17) is 0 Å². The average Bonchev–Trinajstić information content (AvgIpc) is 2.88. The van der Waals surface area contributed by atoms with Crippen LogP contribution in [0.15, 0.2) is 53.4 Å². The van der Waals surface area contributed by atoms with Crippen LogP contribution in [0.1, 0.15) is 17.2 Å². The first kappa shape index (κ1) is 13.1. The van der Waals surface area contributed by atoms with Gasteiger partial charge in [-0.3, -0.25) is 10.1 Å². The van der Waals surface area contributed by atoms with E-state index in [0.29, 0.717) is 6.54 Å². The molecule has 20 heavy (non-hydrogen) atoms. The predicted octanol–water partition coefficient (Wildman–Crippen LogP) is 3.53. The maximum absolute atomic E-state index is 11.0. The number of rotatable bonds is 4. The molecule has 0 spiro atoms. The third kappa shape index (κ3) is 2.55. The fraction of sp³-hybridized carbons (Fsp3) is 0.200. The van der Waals surface area contributed by atoms with Crippen LogP contribution in [0.5, 0.6) is 0 Å². The van der Waals surface area contributed by atoms with Crippen molar-refractivity contribution in [2.45, 2.75) is 17.5 Å². The number of nitro benzene ring substituents is 1. The van der Waals surface area contributed by atoms with Crippen LogP contribution in [0.3, 0.4) is 0 Å². The van der Waals surface area contributed by atoms with Gasteiger partial charge in [0.15, 0.2) is 0 Å². The van der Waals surface area contributed by atoms with E-state index < -0.39 is 0 Å². The summed E-state index contributed by atoms with van der Waals surface area (Å²) in [7, 11) is 0. The molecule has 0 saturated carbocycles. The molecule has 102 valence electrons. The second-order valence-electron chi connectivity index (χ2n) is 4.67. The molecule has 1 N–H and O–H groups in total. The molecule has 1 atom stereocenters. The summed E-state index contributed by atoms with van der Waals surface area (Å²) in [4.78, 5) is 12.0. The summed E-state index contributed by atoms with van der Waals surface area (Å²) in [5.41, 5.74) is 2.20. The summed E-state index contributed by atoms with van der Waals surface area (Å²) in [6.07, 6.45) is 0. The second kappa shape index (κ2) is 5.64. The molecule has 1 heterocycles. The molecule has 1 aliphatic rings. The number of nitrogens with zero attached hydrogens (tertiary/aromatic N) is 1. The topological polar surface area (TPSA) is 55.2 Å². The van der Waals surface area contributed by atoms with Gasteiger partial charge in [0.25, 0.3) is 5.69 Å². The minimum Gasteiger partial charge on any atom is -0.305 e. The van der Waals surface area contributed by atoms with Gasteiger partial charge in [0.1, 0.15) is 0 Å². The highest BCUT2D eigenvalue weighted by atomic mass is 32.2. The molecule has 0 radical (unpaired) electrons. The average molecular weight is 286 g/mol. The SMILES string of the molecule is O=[N+]([O-])c1ccccc1CNC1CSc2ccccc21. The molecule has 2 aromatic rings. The zero-order chi connectivity index (χ0) is 13.9. The number of hydrogen-bond donors (Lipinski definition) is 1. The first-order chi connectivity index (χ1) is 9.75. The van der Waals surface area contributed by atoms with Gasteiger partial charge in [-0.05, 0) is 11.6 Å². The monoisotopic (exact) mass is 286 g/mol. The molecule has 5 heteroatoms. The number of hydrogen-bond acceptors (Lipinski definition) is 4. The standard InChI is InChI=1S/C15H14N2O2S/c18-17(19)14-7-3-1-5-11(14)9-16-13-10-20-15-8-4-2-6-12(13)15/h1-8,13,16H,9-10H2. The van der Waals surface area contributed by atoms with Crippen LogP contribution in [-0.4, -0.2) is 10.7 Å². The maximum Gasteiger partial charge on any atom is 0.273 e. The lowest BCUT2D eigenvalue weighted by atomic mass is 10.1. The van der Waals surface area contributed by atoms with Gasteiger partial charge in [-0.2, -0.15) is 0 Å². The molecule has 0 aliphatic carbocycles. The van der Waals surface area contributed by atoms with Crippen LogP contribution in [-0.2, 0) is 6.54 Å². The quantitative estimate of drug-likeness (QED) is 0.690. The Balaban J connectivity index is 1.74. The summed E-state index contributed by atoms with van der Waals surface area (Å²) in [6.45, 7) is 0.511. The fourth-order valence-electron chi connectivity index (χ4n) is 2.40. The van der Waals surface area contributed by atoms with E-state index in [1.165, 1.54) is 10.5 Å². The van der Waals surface area contributed by atoms with Crippen molar-refractivity contribution >= 4 is 17.4 Å². The summed E-state index contributed by atoms with van der Waals surface area (Å²) in [5, 5.41) is 14.4. The molecule has 2 aromatic carbocycles. The Labute approximate surface area is 121 Å². The largest absolute Gasteiger partial charge is 0.305 e. The molecule has 1 unspecified atom stereocenters. The summed E-state index contributed by atoms with van der Waals surface area (Å²) in [6, 6.07) is 15.5. The van der Waals surface area contributed by atoms with E-state index >= 15 is 0 Å². The predicted molar refractivity (Wildman–Crippen MR) is 79.8 cm³/mol. The summed E-state index contributed by atoms with van der Waals surface area (Å²) >= 11 is 1.83. The van der Waals surface area contributed by atoms with Gasteiger partial charge < -0.3 is 5.32 Å². The number of nitrogens with one attached hydrogen (secondary N) is 1. The smallest absolute Gasteiger partial charge is 0.273 e. The molecule has 3 rings (SSSR count). The third-order valence-corrected chi connectivity index (χ3v) is 4.61. The Morgan fingerprint density at radius 3 is 2.80 bits per heavy atom. The highest BCUT2D eigenvalue weighted by Gasteiger charge is 2.23. The van der Waals surface area contributed by atoms with Crippen LogP contribution < -0.4 is 5.32 Å². The van der Waals surface area contributed by atoms with Gasteiger partial charge >= 0.3 is 0 Å². The number of benzene rings is 2. The van der Waals surface area contributed by atoms with Gasteiger partial charge in [-0.25, -0.2) is 0 Å². The molecule has 1 aliphatic heterocycles. The van der Waals surface area contributed by atoms with Crippen molar-refractivity contribution in [2.75, 3.05) is 5.75 Å². The first-order valence-corrected chi connectivity index (χ1v) is 7.41. The molecule has 0 bridgehead atoms. The lowest BCUT2D eigenvalue weighted by molar-refractivity contribution is -0.385. The van der Waals surface area contributed by atoms with Crippen LogP contribution in [0.25, 0.3) is 0 Å². The third-order valence-electron chi connectivity index (χ3n) is 3.43. The van der Waals surface area contributed by atoms with Crippen LogP contribution in [0, 0.1) is 10.1 Å². The van der Waals surface area contributed by atoms with Gasteiger partial charge in [-0.15, -0.1) is 11.8 Å². The number of thioether (sulfide) groups is 1. The van der Waals surface area contributed by atoms with E-state index in [2.05, 4.69) is 17.4 Å². The molecular weight excluding hydrogens is 272 g/mol. The summed E-state index contributed by atoms with van der Waals surface area (Å²) < 4.78 is 0. The molecule has 0 saturated heterocycles. The van der Waals surface area contributed by atoms with Crippen molar-refractivity contribution in [3.05, 3.63) is 69.8 Å². The Morgan fingerprint density at radius 2 is 1.95 bits per heavy atom. The highest BCUT2D eigenvalue weighted by molar-refractivity contribution is 7.99. The Morgan fingerprint density at radius 1 is 1.20 bits per heavy atom. The van der Waals surface area contributed by atoms with Gasteiger partial charge in [-0.1, -0.05) is 36.4 Å². The normalized spacial score (nSPS) is 16.9. The lowest BCUT2D eigenvalue weighted by Gasteiger charge is -2.13. The zero-order valence-electron chi connectivity index (χ0n) is 10.8. The van der Waals surface area contributed by atoms with E-state index in [9.17, 15) is 10.1 Å². The van der Waals surface area contributed by atoms with E-state index in [0.717, 1.165) is 11.3 Å². The first-order valence-electron chi connectivity index (χ1n) is 6.43. The number of nitro groups is 1. The highest BCUT2D eigenvalue weighted by Crippen LogP contribution is 2.37. The molecule has 0 aromatic heterocycles. The van der Waals surface area contributed by atoms with Crippen molar-refractivity contribution in [1.82, 2.24) is 5.32 Å². The van der Waals surface area contributed by atoms with Crippen molar-refractivity contribution in [3.63, 3.8) is 0 Å². The maximum atomic E-state index is 11.0. The zero-order valence-corrected chi connectivity index (χ0v) is 11.6. The van der Waals surface area contributed by atoms with Gasteiger partial charge in [0.2, 0.25) is 0 Å². The second-order valence-corrected chi connectivity index (χ2v) is 5.73. The van der Waals surface area contributed by atoms with Crippen LogP contribution in [0.2, 0.25) is 0 Å². The lowest BCUT2D eigenvalue weighted by Crippen LogP contribution is -2.21. The Hall–Kier alpha value is -1.85. The van der Waals surface area contributed by atoms with E-state index in [-0.39, 0.29) is 16.7 Å². The van der Waals surface area contributed by atoms with Crippen molar-refractivity contribution < 1.29 is 4.92 Å². The van der Waals surface area contributed by atoms with Crippen molar-refractivity contribution in [2.24, 2.45) is 0 Å². The van der Waals surface area contributed by atoms with Gasteiger partial charge in [0.05, 0.1) is 4.92 Å². The van der Waals surface area contributed by atoms with Crippen LogP contribution >= 0.6 is 11.8 Å². The number of fused-ring (bicyclic) bond motifs is 1. The Bertz CT molecular complexity index is 645. The van der Waals surface area contributed by atoms with Crippen molar-refractivity contribution in [3.8, 4) is 0 Å². The summed E-state index contributed by atoms with van der Waals surface area (Å²) in [5.74, 6) is 0.972. The minimum atomic E-state index is -0.325. The fourth-order valence-corrected chi connectivity index (χ4v) is 3.60. The molecule has 4 nitrogen and oxygen atoms in total. The molecule has 0 amide bonds. The molecule has 0 fully saturated rings. The van der Waals surface area contributed by atoms with Crippen molar-refractivity contribution in [1.29, 1.82) is 0 Å². The Kier molecular flexibility index (Phi) is 3.71. The van der Waals surface area contributed by atoms with Crippen LogP contribution in [0.4, 0.5) is 5.69 Å². The van der Waals surface area contributed by atoms with E-state index in [1.807, 2.05) is 30.0 Å². The van der Waals surface area contributed by atoms with E-state index in [1.54, 1.807) is 18.2 Å².